The number of ether oxygens (including phenoxy) is 2. The molecule has 0 saturated heterocycles. The summed E-state index contributed by atoms with van der Waals surface area (Å²) < 4.78 is 39.3. The Balaban J connectivity index is 2.12. The quantitative estimate of drug-likeness (QED) is 0.455. The van der Waals surface area contributed by atoms with Gasteiger partial charge in [-0.2, -0.15) is 8.42 Å². The van der Waals surface area contributed by atoms with E-state index in [0.29, 0.717) is 11.1 Å². The molecule has 0 radical (unpaired) electrons. The van der Waals surface area contributed by atoms with Crippen LogP contribution in [0.3, 0.4) is 0 Å². The Morgan fingerprint density at radius 3 is 2.45 bits per heavy atom. The van der Waals surface area contributed by atoms with Crippen LogP contribution in [0, 0.1) is 6.92 Å². The molecule has 0 fully saturated rings. The predicted octanol–water partition coefficient (Wildman–Crippen LogP) is 0.582. The summed E-state index contributed by atoms with van der Waals surface area (Å²) in [5.74, 6) is -0.622. The van der Waals surface area contributed by atoms with Crippen LogP contribution in [0.15, 0.2) is 46.1 Å². The molecular weight excluding hydrogens is 404 g/mol. The van der Waals surface area contributed by atoms with Gasteiger partial charge in [-0.25, -0.2) is 9.59 Å². The fourth-order valence-electron chi connectivity index (χ4n) is 2.35. The summed E-state index contributed by atoms with van der Waals surface area (Å²) in [5, 5.41) is 0. The molecule has 1 aromatic heterocycles. The van der Waals surface area contributed by atoms with Crippen molar-refractivity contribution in [2.24, 2.45) is 0 Å². The summed E-state index contributed by atoms with van der Waals surface area (Å²) in [4.78, 5) is 37.8. The molecule has 10 nitrogen and oxygen atoms in total. The highest BCUT2D eigenvalue weighted by atomic mass is 32.2. The van der Waals surface area contributed by atoms with Gasteiger partial charge in [0.25, 0.3) is 15.7 Å². The van der Waals surface area contributed by atoms with Gasteiger partial charge in [0, 0.05) is 11.8 Å². The maximum atomic E-state index is 12.1. The zero-order valence-electron chi connectivity index (χ0n) is 16.2. The molecule has 11 heteroatoms. The molecule has 0 aliphatic heterocycles. The van der Waals surface area contributed by atoms with Crippen molar-refractivity contribution < 1.29 is 26.9 Å². The van der Waals surface area contributed by atoms with Crippen LogP contribution in [-0.2, 0) is 23.8 Å². The van der Waals surface area contributed by atoms with E-state index < -0.39 is 46.3 Å². The van der Waals surface area contributed by atoms with Gasteiger partial charge >= 0.3 is 11.7 Å². The topological polar surface area (TPSA) is 134 Å². The summed E-state index contributed by atoms with van der Waals surface area (Å²) >= 11 is 0. The fourth-order valence-corrected chi connectivity index (χ4v) is 2.75. The average molecular weight is 426 g/mol. The number of rotatable bonds is 9. The summed E-state index contributed by atoms with van der Waals surface area (Å²) in [6.45, 7) is 2.30. The molecular formula is C18H22N2O8S. The molecule has 0 bridgehead atoms. The highest BCUT2D eigenvalue weighted by Crippen LogP contribution is 2.11. The van der Waals surface area contributed by atoms with Crippen LogP contribution < -0.4 is 11.2 Å². The van der Waals surface area contributed by atoms with Crippen molar-refractivity contribution in [3.05, 3.63) is 68.5 Å². The van der Waals surface area contributed by atoms with Crippen LogP contribution in [0.2, 0.25) is 0 Å². The van der Waals surface area contributed by atoms with Crippen molar-refractivity contribution in [2.45, 2.75) is 26.2 Å². The monoisotopic (exact) mass is 426 g/mol. The highest BCUT2D eigenvalue weighted by Gasteiger charge is 2.21. The number of hydrogen-bond donors (Lipinski definition) is 1. The lowest BCUT2D eigenvalue weighted by atomic mass is 10.2. The van der Waals surface area contributed by atoms with E-state index in [0.717, 1.165) is 10.8 Å². The molecule has 29 heavy (non-hydrogen) atoms. The number of hydrogen-bond acceptors (Lipinski definition) is 8. The van der Waals surface area contributed by atoms with Crippen molar-refractivity contribution in [1.82, 2.24) is 9.55 Å². The first-order chi connectivity index (χ1) is 13.6. The summed E-state index contributed by atoms with van der Waals surface area (Å²) in [7, 11) is -3.77. The lowest BCUT2D eigenvalue weighted by Crippen LogP contribution is -2.37. The maximum Gasteiger partial charge on any atom is 0.338 e. The standard InChI is InChI=1S/C18H22N2O8S/c1-12-9-20(18(23)19-16(12)21)13(2)28-15(11-27-29(3,24)25)10-26-17(22)14-7-5-4-6-8-14/h4-9,13,15H,10-11H2,1-3H3,(H,19,21,23)/t13-,15-/m1/s1. The Morgan fingerprint density at radius 1 is 1.17 bits per heavy atom. The Bertz CT molecular complexity index is 1060. The second-order valence-electron chi connectivity index (χ2n) is 6.29. The minimum atomic E-state index is -3.77. The van der Waals surface area contributed by atoms with E-state index >= 15 is 0 Å². The van der Waals surface area contributed by atoms with Crippen molar-refractivity contribution in [3.63, 3.8) is 0 Å². The van der Waals surface area contributed by atoms with Crippen LogP contribution in [0.1, 0.15) is 29.1 Å². The fraction of sp³-hybridized carbons (Fsp3) is 0.389. The van der Waals surface area contributed by atoms with E-state index in [1.165, 1.54) is 20.0 Å². The van der Waals surface area contributed by atoms with Gasteiger partial charge in [-0.1, -0.05) is 18.2 Å². The van der Waals surface area contributed by atoms with Gasteiger partial charge in [0.15, 0.2) is 0 Å². The Hall–Kier alpha value is -2.76. The minimum Gasteiger partial charge on any atom is -0.459 e. The van der Waals surface area contributed by atoms with E-state index in [4.69, 9.17) is 13.7 Å². The number of carbonyl (C=O) groups excluding carboxylic acids is 1. The van der Waals surface area contributed by atoms with Crippen molar-refractivity contribution in [1.29, 1.82) is 0 Å². The van der Waals surface area contributed by atoms with Gasteiger partial charge in [0.1, 0.15) is 18.9 Å². The summed E-state index contributed by atoms with van der Waals surface area (Å²) in [5.41, 5.74) is -0.611. The molecule has 0 amide bonds. The first-order valence-electron chi connectivity index (χ1n) is 8.61. The predicted molar refractivity (Wildman–Crippen MR) is 103 cm³/mol. The van der Waals surface area contributed by atoms with Gasteiger partial charge in [0.05, 0.1) is 18.4 Å². The molecule has 1 N–H and O–H groups in total. The largest absolute Gasteiger partial charge is 0.459 e. The zero-order valence-corrected chi connectivity index (χ0v) is 17.0. The van der Waals surface area contributed by atoms with E-state index in [9.17, 15) is 22.8 Å². The van der Waals surface area contributed by atoms with Crippen molar-refractivity contribution >= 4 is 16.1 Å². The average Bonchev–Trinajstić information content (AvgIpc) is 2.66. The highest BCUT2D eigenvalue weighted by molar-refractivity contribution is 7.85. The van der Waals surface area contributed by atoms with Crippen molar-refractivity contribution in [3.8, 4) is 0 Å². The minimum absolute atomic E-state index is 0.291. The third kappa shape index (κ3) is 6.97. The molecule has 2 rings (SSSR count). The molecule has 1 aromatic carbocycles. The molecule has 2 atom stereocenters. The number of H-pyrrole nitrogens is 1. The van der Waals surface area contributed by atoms with Crippen LogP contribution in [-0.4, -0.2) is 49.5 Å². The number of nitrogens with one attached hydrogen (secondary N) is 1. The molecule has 0 unspecified atom stereocenters. The first kappa shape index (κ1) is 22.5. The smallest absolute Gasteiger partial charge is 0.338 e. The number of esters is 1. The third-order valence-electron chi connectivity index (χ3n) is 3.80. The SMILES string of the molecule is Cc1cn([C@@H](C)O[C@H](COC(=O)c2ccccc2)COS(C)(=O)=O)c(=O)[nH]c1=O. The van der Waals surface area contributed by atoms with Gasteiger partial charge in [-0.05, 0) is 26.0 Å². The molecule has 0 aliphatic rings. The molecule has 158 valence electrons. The Morgan fingerprint density at radius 2 is 1.83 bits per heavy atom. The number of carbonyl (C=O) groups is 1. The molecule has 0 spiro atoms. The second-order valence-corrected chi connectivity index (χ2v) is 7.93. The van der Waals surface area contributed by atoms with Crippen LogP contribution in [0.4, 0.5) is 0 Å². The normalized spacial score (nSPS) is 13.6. The van der Waals surface area contributed by atoms with Crippen LogP contribution >= 0.6 is 0 Å². The molecule has 2 aromatic rings. The third-order valence-corrected chi connectivity index (χ3v) is 4.37. The molecule has 1 heterocycles. The molecule has 0 aliphatic carbocycles. The number of aromatic nitrogens is 2. The lowest BCUT2D eigenvalue weighted by molar-refractivity contribution is -0.0860. The van der Waals surface area contributed by atoms with Crippen LogP contribution in [0.5, 0.6) is 0 Å². The van der Waals surface area contributed by atoms with E-state index in [-0.39, 0.29) is 6.61 Å². The van der Waals surface area contributed by atoms with Gasteiger partial charge in [-0.3, -0.25) is 18.5 Å². The zero-order chi connectivity index (χ0) is 21.6. The maximum absolute atomic E-state index is 12.1. The number of nitrogens with zero attached hydrogens (tertiary/aromatic N) is 1. The molecule has 0 saturated carbocycles. The van der Waals surface area contributed by atoms with E-state index in [1.807, 2.05) is 0 Å². The van der Waals surface area contributed by atoms with Gasteiger partial charge in [0.2, 0.25) is 0 Å². The number of benzene rings is 1. The summed E-state index contributed by atoms with van der Waals surface area (Å²) in [6.07, 6.45) is 0.295. The lowest BCUT2D eigenvalue weighted by Gasteiger charge is -2.23. The van der Waals surface area contributed by atoms with E-state index in [2.05, 4.69) is 4.98 Å². The second kappa shape index (κ2) is 9.63. The number of aryl methyl sites for hydroxylation is 1. The Labute approximate surface area is 167 Å². The Kier molecular flexibility index (Phi) is 7.48. The summed E-state index contributed by atoms with van der Waals surface area (Å²) in [6, 6.07) is 8.22. The first-order valence-corrected chi connectivity index (χ1v) is 10.4. The van der Waals surface area contributed by atoms with Gasteiger partial charge < -0.3 is 9.47 Å². The van der Waals surface area contributed by atoms with E-state index in [1.54, 1.807) is 30.3 Å². The van der Waals surface area contributed by atoms with Crippen molar-refractivity contribution in [2.75, 3.05) is 19.5 Å². The van der Waals surface area contributed by atoms with Crippen LogP contribution in [0.25, 0.3) is 0 Å². The van der Waals surface area contributed by atoms with Gasteiger partial charge in [-0.15, -0.1) is 0 Å². The number of aromatic amines is 1.